The number of ether oxygens (including phenoxy) is 1. The number of aromatic nitrogens is 2. The minimum absolute atomic E-state index is 0.0716. The van der Waals surface area contributed by atoms with Crippen LogP contribution in [0.4, 0.5) is 4.39 Å². The Morgan fingerprint density at radius 2 is 1.91 bits per heavy atom. The molecule has 4 aromatic rings. The van der Waals surface area contributed by atoms with Crippen LogP contribution in [-0.2, 0) is 13.1 Å². The topological polar surface area (TPSA) is 71.2 Å². The lowest BCUT2D eigenvalue weighted by atomic mass is 10.1. The number of nitrogens with zero attached hydrogens (tertiary/aromatic N) is 4. The summed E-state index contributed by atoms with van der Waals surface area (Å²) >= 11 is 0. The van der Waals surface area contributed by atoms with Crippen molar-refractivity contribution in [3.05, 3.63) is 107 Å². The lowest BCUT2D eigenvalue weighted by molar-refractivity contribution is 0.0764. The molecule has 1 amide bonds. The molecule has 0 saturated carbocycles. The Morgan fingerprint density at radius 1 is 1.12 bits per heavy atom. The highest BCUT2D eigenvalue weighted by Crippen LogP contribution is 2.36. The number of carbonyl (C=O) groups excluding carboxylic acids is 1. The summed E-state index contributed by atoms with van der Waals surface area (Å²) in [6.45, 7) is 2.84. The molecule has 0 spiro atoms. The number of amides is 1. The predicted octanol–water partition coefficient (Wildman–Crippen LogP) is 5.14. The number of nitriles is 1. The van der Waals surface area contributed by atoms with Crippen molar-refractivity contribution in [2.45, 2.75) is 20.0 Å². The van der Waals surface area contributed by atoms with Crippen LogP contribution >= 0.6 is 0 Å². The van der Waals surface area contributed by atoms with Crippen LogP contribution in [0.2, 0.25) is 0 Å². The normalized spacial score (nSPS) is 12.5. The Hall–Kier alpha value is -4.44. The summed E-state index contributed by atoms with van der Waals surface area (Å²) in [7, 11) is 0. The molecule has 5 rings (SSSR count). The molecule has 0 N–H and O–H groups in total. The van der Waals surface area contributed by atoms with Crippen LogP contribution in [0.3, 0.4) is 0 Å². The average Bonchev–Trinajstić information content (AvgIpc) is 3.39. The zero-order valence-electron chi connectivity index (χ0n) is 17.8. The van der Waals surface area contributed by atoms with E-state index in [1.807, 2.05) is 49.5 Å². The van der Waals surface area contributed by atoms with E-state index in [4.69, 9.17) is 4.74 Å². The molecule has 1 aromatic heterocycles. The van der Waals surface area contributed by atoms with Crippen molar-refractivity contribution >= 4 is 5.91 Å². The summed E-state index contributed by atoms with van der Waals surface area (Å²) < 4.78 is 21.9. The number of rotatable bonds is 5. The average molecular weight is 438 g/mol. The van der Waals surface area contributed by atoms with Gasteiger partial charge in [-0.05, 0) is 53.9 Å². The van der Waals surface area contributed by atoms with Crippen LogP contribution in [0.15, 0.2) is 73.1 Å². The molecule has 0 bridgehead atoms. The predicted molar refractivity (Wildman–Crippen MR) is 120 cm³/mol. The number of benzene rings is 3. The fourth-order valence-electron chi connectivity index (χ4n) is 3.94. The number of hydrogen-bond donors (Lipinski definition) is 0. The van der Waals surface area contributed by atoms with Gasteiger partial charge in [0.15, 0.2) is 11.6 Å². The molecular weight excluding hydrogens is 419 g/mol. The third-order valence-corrected chi connectivity index (χ3v) is 5.56. The number of carbonyl (C=O) groups is 1. The molecule has 1 aliphatic rings. The number of hydrogen-bond acceptors (Lipinski definition) is 4. The van der Waals surface area contributed by atoms with E-state index in [-0.39, 0.29) is 23.0 Å². The summed E-state index contributed by atoms with van der Waals surface area (Å²) in [5.41, 5.74) is 4.27. The second-order valence-electron chi connectivity index (χ2n) is 7.91. The Balaban J connectivity index is 1.37. The summed E-state index contributed by atoms with van der Waals surface area (Å²) in [6, 6.07) is 19.2. The highest BCUT2D eigenvalue weighted by molar-refractivity contribution is 6.01. The van der Waals surface area contributed by atoms with Crippen LogP contribution < -0.4 is 4.74 Å². The van der Waals surface area contributed by atoms with E-state index >= 15 is 0 Å². The van der Waals surface area contributed by atoms with Gasteiger partial charge in [-0.25, -0.2) is 9.07 Å². The first-order chi connectivity index (χ1) is 16.0. The summed E-state index contributed by atoms with van der Waals surface area (Å²) in [4.78, 5) is 14.9. The fraction of sp³-hybridized carbons (Fsp3) is 0.115. The standard InChI is InChI=1S/C26H19FN4O2/c1-17-13-29-31(14-17)21-10-8-18(9-11-21)15-30-16-20-5-3-7-23(24(20)26(30)32)33-25-19(12-28)4-2-6-22(25)27/h2-11,13-14H,15-16H2,1H3. The first-order valence-corrected chi connectivity index (χ1v) is 10.4. The SMILES string of the molecule is Cc1cnn(-c2ccc(CN3Cc4cccc(Oc5c(F)cccc5C#N)c4C3=O)cc2)c1. The van der Waals surface area contributed by atoms with Gasteiger partial charge in [0.25, 0.3) is 5.91 Å². The molecule has 0 aliphatic carbocycles. The highest BCUT2D eigenvalue weighted by Gasteiger charge is 2.31. The molecule has 0 fully saturated rings. The van der Waals surface area contributed by atoms with E-state index in [0.717, 1.165) is 22.4 Å². The molecule has 0 radical (unpaired) electrons. The van der Waals surface area contributed by atoms with Gasteiger partial charge in [-0.2, -0.15) is 10.4 Å². The fourth-order valence-corrected chi connectivity index (χ4v) is 3.94. The van der Waals surface area contributed by atoms with Crippen LogP contribution in [-0.4, -0.2) is 20.6 Å². The van der Waals surface area contributed by atoms with E-state index in [9.17, 15) is 14.4 Å². The van der Waals surface area contributed by atoms with Gasteiger partial charge in [-0.15, -0.1) is 0 Å². The van der Waals surface area contributed by atoms with Gasteiger partial charge in [0, 0.05) is 19.3 Å². The van der Waals surface area contributed by atoms with Crippen molar-refractivity contribution in [1.82, 2.24) is 14.7 Å². The largest absolute Gasteiger partial charge is 0.452 e. The number of halogens is 1. The minimum Gasteiger partial charge on any atom is -0.452 e. The molecule has 0 atom stereocenters. The zero-order chi connectivity index (χ0) is 22.9. The highest BCUT2D eigenvalue weighted by atomic mass is 19.1. The number of aryl methyl sites for hydroxylation is 1. The first-order valence-electron chi connectivity index (χ1n) is 10.4. The molecule has 6 nitrogen and oxygen atoms in total. The smallest absolute Gasteiger partial charge is 0.258 e. The Labute approximate surface area is 190 Å². The number of para-hydroxylation sites is 1. The molecule has 162 valence electrons. The molecule has 2 heterocycles. The van der Waals surface area contributed by atoms with Gasteiger partial charge in [-0.3, -0.25) is 4.79 Å². The van der Waals surface area contributed by atoms with Gasteiger partial charge >= 0.3 is 0 Å². The maximum absolute atomic E-state index is 14.3. The van der Waals surface area contributed by atoms with E-state index in [1.165, 1.54) is 18.2 Å². The maximum atomic E-state index is 14.3. The lowest BCUT2D eigenvalue weighted by Crippen LogP contribution is -2.23. The quantitative estimate of drug-likeness (QED) is 0.433. The van der Waals surface area contributed by atoms with Gasteiger partial charge in [0.1, 0.15) is 11.8 Å². The van der Waals surface area contributed by atoms with Crippen molar-refractivity contribution in [2.24, 2.45) is 0 Å². The zero-order valence-corrected chi connectivity index (χ0v) is 17.8. The van der Waals surface area contributed by atoms with Gasteiger partial charge in [-0.1, -0.05) is 30.3 Å². The van der Waals surface area contributed by atoms with E-state index in [0.29, 0.717) is 18.7 Å². The van der Waals surface area contributed by atoms with Crippen molar-refractivity contribution in [2.75, 3.05) is 0 Å². The van der Waals surface area contributed by atoms with E-state index < -0.39 is 5.82 Å². The second-order valence-corrected chi connectivity index (χ2v) is 7.91. The molecule has 1 aliphatic heterocycles. The van der Waals surface area contributed by atoms with Gasteiger partial charge in [0.05, 0.1) is 23.0 Å². The minimum atomic E-state index is -0.651. The summed E-state index contributed by atoms with van der Waals surface area (Å²) in [5.74, 6) is -0.779. The van der Waals surface area contributed by atoms with Crippen molar-refractivity contribution in [3.63, 3.8) is 0 Å². The lowest BCUT2D eigenvalue weighted by Gasteiger charge is -2.16. The first kappa shape index (κ1) is 20.5. The summed E-state index contributed by atoms with van der Waals surface area (Å²) in [6.07, 6.45) is 3.75. The van der Waals surface area contributed by atoms with Gasteiger partial charge < -0.3 is 9.64 Å². The van der Waals surface area contributed by atoms with Crippen LogP contribution in [0, 0.1) is 24.1 Å². The van der Waals surface area contributed by atoms with Crippen LogP contribution in [0.25, 0.3) is 5.69 Å². The molecule has 33 heavy (non-hydrogen) atoms. The van der Waals surface area contributed by atoms with Gasteiger partial charge in [0.2, 0.25) is 0 Å². The van der Waals surface area contributed by atoms with E-state index in [1.54, 1.807) is 27.9 Å². The Morgan fingerprint density at radius 3 is 2.64 bits per heavy atom. The third-order valence-electron chi connectivity index (χ3n) is 5.56. The second kappa shape index (κ2) is 8.24. The molecule has 0 saturated heterocycles. The Bertz CT molecular complexity index is 1400. The van der Waals surface area contributed by atoms with Crippen molar-refractivity contribution < 1.29 is 13.9 Å². The molecule has 0 unspecified atom stereocenters. The molecule has 3 aromatic carbocycles. The maximum Gasteiger partial charge on any atom is 0.258 e. The third kappa shape index (κ3) is 3.83. The van der Waals surface area contributed by atoms with Crippen LogP contribution in [0.1, 0.15) is 32.6 Å². The Kier molecular flexibility index (Phi) is 5.11. The molecule has 7 heteroatoms. The van der Waals surface area contributed by atoms with Crippen molar-refractivity contribution in [1.29, 1.82) is 5.26 Å². The summed E-state index contributed by atoms with van der Waals surface area (Å²) in [5, 5.41) is 13.6. The van der Waals surface area contributed by atoms with Crippen LogP contribution in [0.5, 0.6) is 11.5 Å². The monoisotopic (exact) mass is 438 g/mol. The van der Waals surface area contributed by atoms with Crippen molar-refractivity contribution in [3.8, 4) is 23.3 Å². The van der Waals surface area contributed by atoms with E-state index in [2.05, 4.69) is 5.10 Å². The number of fused-ring (bicyclic) bond motifs is 1. The molecular formula is C26H19FN4O2.